The molecule has 2 fully saturated rings. The number of aromatic nitrogens is 2. The van der Waals surface area contributed by atoms with Gasteiger partial charge in [-0.15, -0.1) is 0 Å². The molecule has 2 aliphatic rings. The van der Waals surface area contributed by atoms with E-state index in [9.17, 15) is 23.8 Å². The summed E-state index contributed by atoms with van der Waals surface area (Å²) >= 11 is 0. The molecule has 1 aliphatic heterocycles. The zero-order valence-electron chi connectivity index (χ0n) is 10.5. The Bertz CT molecular complexity index is 636. The zero-order chi connectivity index (χ0) is 14.9. The maximum atomic E-state index is 14.3. The third kappa shape index (κ3) is 1.18. The summed E-state index contributed by atoms with van der Waals surface area (Å²) in [6.07, 6.45) is -2.72. The molecule has 0 bridgehead atoms. The van der Waals surface area contributed by atoms with E-state index in [0.29, 0.717) is 4.57 Å². The molecule has 4 N–H and O–H groups in total. The molecule has 7 nitrogen and oxygen atoms in total. The molecule has 1 aromatic heterocycles. The third-order valence-electron chi connectivity index (χ3n) is 4.17. The van der Waals surface area contributed by atoms with E-state index in [4.69, 9.17) is 10.5 Å². The summed E-state index contributed by atoms with van der Waals surface area (Å²) in [5.41, 5.74) is -0.182. The van der Waals surface area contributed by atoms with Crippen LogP contribution in [0.25, 0.3) is 0 Å². The van der Waals surface area contributed by atoms with Crippen molar-refractivity contribution in [2.24, 2.45) is 0 Å². The lowest BCUT2D eigenvalue weighted by Crippen LogP contribution is -2.46. The minimum Gasteiger partial charge on any atom is -0.387 e. The number of halogens is 2. The second-order valence-electron chi connectivity index (χ2n) is 5.05. The molecule has 4 atom stereocenters. The fraction of sp³-hybridized carbons (Fsp3) is 0.636. The van der Waals surface area contributed by atoms with Crippen molar-refractivity contribution in [3.8, 4) is 0 Å². The van der Waals surface area contributed by atoms with Crippen molar-refractivity contribution in [1.82, 2.24) is 9.55 Å². The number of hydrogen-bond donors (Lipinski definition) is 3. The average Bonchev–Trinajstić information content (AvgIpc) is 2.78. The van der Waals surface area contributed by atoms with Gasteiger partial charge in [0.2, 0.25) is 6.23 Å². The highest BCUT2D eigenvalue weighted by atomic mass is 19.3. The summed E-state index contributed by atoms with van der Waals surface area (Å²) in [7, 11) is 0. The van der Waals surface area contributed by atoms with E-state index in [-0.39, 0.29) is 12.2 Å². The highest BCUT2D eigenvalue weighted by Crippen LogP contribution is 2.70. The van der Waals surface area contributed by atoms with Gasteiger partial charge in [0.25, 0.3) is 0 Å². The summed E-state index contributed by atoms with van der Waals surface area (Å²) in [5.74, 6) is -3.94. The Kier molecular flexibility index (Phi) is 2.37. The van der Waals surface area contributed by atoms with Gasteiger partial charge in [-0.25, -0.2) is 4.79 Å². The number of nitrogens with zero attached hydrogens (tertiary/aromatic N) is 2. The molecule has 0 aromatic carbocycles. The smallest absolute Gasteiger partial charge is 0.351 e. The Balaban J connectivity index is 2.08. The van der Waals surface area contributed by atoms with Gasteiger partial charge in [-0.05, 0) is 12.5 Å². The minimum atomic E-state index is -3.83. The van der Waals surface area contributed by atoms with E-state index in [1.807, 2.05) is 0 Å². The summed E-state index contributed by atoms with van der Waals surface area (Å²) in [4.78, 5) is 15.0. The number of fused-ring (bicyclic) bond motifs is 1. The van der Waals surface area contributed by atoms with Crippen LogP contribution in [0.1, 0.15) is 19.6 Å². The van der Waals surface area contributed by atoms with Gasteiger partial charge in [0.1, 0.15) is 17.5 Å². The highest BCUT2D eigenvalue weighted by Gasteiger charge is 2.94. The van der Waals surface area contributed by atoms with Crippen molar-refractivity contribution in [3.63, 3.8) is 0 Å². The van der Waals surface area contributed by atoms with E-state index in [0.717, 1.165) is 6.20 Å². The average molecular weight is 289 g/mol. The first-order valence-electron chi connectivity index (χ1n) is 6.03. The van der Waals surface area contributed by atoms with Crippen molar-refractivity contribution in [1.29, 1.82) is 0 Å². The standard InChI is InChI=1S/C11H13F2N3O4/c1-2-9-6(17)10(9,19)11(12,13)7(20-9)16-4-3-5(14)15-8(16)18/h3-4,6-7,17,19H,2H2,1H3,(H2,14,15,18). The van der Waals surface area contributed by atoms with Crippen LogP contribution in [-0.2, 0) is 4.74 Å². The molecule has 2 heterocycles. The maximum Gasteiger partial charge on any atom is 0.351 e. The number of hydrogen-bond acceptors (Lipinski definition) is 6. The van der Waals surface area contributed by atoms with Crippen molar-refractivity contribution in [3.05, 3.63) is 22.7 Å². The van der Waals surface area contributed by atoms with Gasteiger partial charge in [-0.2, -0.15) is 13.8 Å². The van der Waals surface area contributed by atoms with Gasteiger partial charge >= 0.3 is 11.6 Å². The number of anilines is 1. The number of alkyl halides is 2. The lowest BCUT2D eigenvalue weighted by Gasteiger charge is -2.26. The molecule has 1 saturated heterocycles. The molecule has 9 heteroatoms. The number of ether oxygens (including phenoxy) is 1. The SMILES string of the molecule is CCC12OC(n3ccc(N)nc3=O)C(F)(F)C1(O)C2O. The van der Waals surface area contributed by atoms with Gasteiger partial charge in [0, 0.05) is 6.20 Å². The molecule has 20 heavy (non-hydrogen) atoms. The first-order valence-corrected chi connectivity index (χ1v) is 6.03. The second kappa shape index (κ2) is 3.54. The molecule has 3 rings (SSSR count). The van der Waals surface area contributed by atoms with E-state index < -0.39 is 35.1 Å². The Hall–Kier alpha value is -1.58. The van der Waals surface area contributed by atoms with Crippen molar-refractivity contribution in [2.45, 2.75) is 42.8 Å². The number of aliphatic hydroxyl groups excluding tert-OH is 1. The molecule has 0 amide bonds. The summed E-state index contributed by atoms with van der Waals surface area (Å²) < 4.78 is 34.3. The fourth-order valence-corrected chi connectivity index (χ4v) is 2.93. The largest absolute Gasteiger partial charge is 0.387 e. The van der Waals surface area contributed by atoms with Crippen LogP contribution in [0, 0.1) is 0 Å². The predicted molar refractivity (Wildman–Crippen MR) is 62.0 cm³/mol. The monoisotopic (exact) mass is 289 g/mol. The molecule has 1 saturated carbocycles. The van der Waals surface area contributed by atoms with Crippen molar-refractivity contribution >= 4 is 5.82 Å². The Morgan fingerprint density at radius 1 is 1.60 bits per heavy atom. The lowest BCUT2D eigenvalue weighted by atomic mass is 10.1. The molecular formula is C11H13F2N3O4. The van der Waals surface area contributed by atoms with E-state index in [1.54, 1.807) is 0 Å². The molecule has 0 spiro atoms. The van der Waals surface area contributed by atoms with Crippen LogP contribution in [-0.4, -0.2) is 43.0 Å². The van der Waals surface area contributed by atoms with Crippen molar-refractivity contribution < 1.29 is 23.7 Å². The number of nitrogens with two attached hydrogens (primary N) is 1. The topological polar surface area (TPSA) is 111 Å². The second-order valence-corrected chi connectivity index (χ2v) is 5.05. The zero-order valence-corrected chi connectivity index (χ0v) is 10.5. The van der Waals surface area contributed by atoms with Crippen LogP contribution in [0.5, 0.6) is 0 Å². The third-order valence-corrected chi connectivity index (χ3v) is 4.17. The first-order chi connectivity index (χ1) is 9.22. The maximum absolute atomic E-state index is 14.3. The molecule has 1 aliphatic carbocycles. The van der Waals surface area contributed by atoms with E-state index >= 15 is 0 Å². The summed E-state index contributed by atoms with van der Waals surface area (Å²) in [5, 5.41) is 19.6. The summed E-state index contributed by atoms with van der Waals surface area (Å²) in [6, 6.07) is 1.17. The van der Waals surface area contributed by atoms with Crippen LogP contribution >= 0.6 is 0 Å². The normalized spacial score (nSPS) is 41.5. The number of aliphatic hydroxyl groups is 2. The predicted octanol–water partition coefficient (Wildman–Crippen LogP) is -0.756. The van der Waals surface area contributed by atoms with Crippen LogP contribution in [0.15, 0.2) is 17.1 Å². The fourth-order valence-electron chi connectivity index (χ4n) is 2.93. The lowest BCUT2D eigenvalue weighted by molar-refractivity contribution is -0.201. The van der Waals surface area contributed by atoms with E-state index in [2.05, 4.69) is 4.98 Å². The minimum absolute atomic E-state index is 0.0199. The Labute approximate surface area is 111 Å². The number of nitrogen functional groups attached to an aromatic ring is 1. The van der Waals surface area contributed by atoms with Crippen molar-refractivity contribution in [2.75, 3.05) is 5.73 Å². The molecule has 4 unspecified atom stereocenters. The summed E-state index contributed by atoms with van der Waals surface area (Å²) in [6.45, 7) is 1.50. The first kappa shape index (κ1) is 13.4. The van der Waals surface area contributed by atoms with Gasteiger partial charge in [0.05, 0.1) is 0 Å². The van der Waals surface area contributed by atoms with E-state index in [1.165, 1.54) is 13.0 Å². The molecular weight excluding hydrogens is 276 g/mol. The van der Waals surface area contributed by atoms with Crippen LogP contribution < -0.4 is 11.4 Å². The van der Waals surface area contributed by atoms with Gasteiger partial charge in [0.15, 0.2) is 5.60 Å². The number of rotatable bonds is 2. The quantitative estimate of drug-likeness (QED) is 0.660. The molecule has 1 aromatic rings. The van der Waals surface area contributed by atoms with Crippen LogP contribution in [0.2, 0.25) is 0 Å². The molecule has 110 valence electrons. The highest BCUT2D eigenvalue weighted by molar-refractivity contribution is 5.37. The Morgan fingerprint density at radius 3 is 2.75 bits per heavy atom. The van der Waals surface area contributed by atoms with Crippen LogP contribution in [0.3, 0.4) is 0 Å². The molecule has 0 radical (unpaired) electrons. The Morgan fingerprint density at radius 2 is 2.25 bits per heavy atom. The van der Waals surface area contributed by atoms with Crippen LogP contribution in [0.4, 0.5) is 14.6 Å². The van der Waals surface area contributed by atoms with Gasteiger partial charge in [-0.1, -0.05) is 6.92 Å². The van der Waals surface area contributed by atoms with Gasteiger partial charge < -0.3 is 20.7 Å². The van der Waals surface area contributed by atoms with Gasteiger partial charge in [-0.3, -0.25) is 4.57 Å².